The van der Waals surface area contributed by atoms with E-state index >= 15 is 0 Å². The van der Waals surface area contributed by atoms with E-state index in [-0.39, 0.29) is 5.91 Å². The molecule has 5 nitrogen and oxygen atoms in total. The zero-order chi connectivity index (χ0) is 22.0. The van der Waals surface area contributed by atoms with E-state index in [9.17, 15) is 4.79 Å². The highest BCUT2D eigenvalue weighted by molar-refractivity contribution is 6.13. The number of amides is 1. The molecular formula is C26H24N2O3. The molecule has 0 bridgehead atoms. The minimum atomic E-state index is -0.176. The first-order chi connectivity index (χ1) is 15.0. The average molecular weight is 412 g/mol. The van der Waals surface area contributed by atoms with E-state index in [0.717, 1.165) is 33.3 Å². The summed E-state index contributed by atoms with van der Waals surface area (Å²) in [5.74, 6) is 1.14. The fourth-order valence-corrected chi connectivity index (χ4v) is 3.70. The number of nitrogens with one attached hydrogen (secondary N) is 1. The smallest absolute Gasteiger partial charge is 0.256 e. The maximum atomic E-state index is 13.4. The molecule has 0 fully saturated rings. The number of anilines is 1. The first-order valence-corrected chi connectivity index (χ1v) is 10.0. The minimum absolute atomic E-state index is 0.176. The largest absolute Gasteiger partial charge is 0.497 e. The number of rotatable bonds is 5. The summed E-state index contributed by atoms with van der Waals surface area (Å²) >= 11 is 0. The fraction of sp³-hybridized carbons (Fsp3) is 0.154. The normalized spacial score (nSPS) is 10.7. The van der Waals surface area contributed by atoms with Crippen LogP contribution in [0.1, 0.15) is 21.5 Å². The molecule has 0 saturated carbocycles. The molecule has 5 heteroatoms. The van der Waals surface area contributed by atoms with Gasteiger partial charge in [0.05, 0.1) is 31.0 Å². The van der Waals surface area contributed by atoms with Crippen molar-refractivity contribution in [2.45, 2.75) is 13.8 Å². The number of hydrogen-bond donors (Lipinski definition) is 1. The summed E-state index contributed by atoms with van der Waals surface area (Å²) in [5, 5.41) is 3.89. The number of pyridine rings is 1. The van der Waals surface area contributed by atoms with Crippen molar-refractivity contribution < 1.29 is 14.3 Å². The molecule has 0 aliphatic heterocycles. The van der Waals surface area contributed by atoms with Gasteiger partial charge in [0.2, 0.25) is 0 Å². The molecule has 0 unspecified atom stereocenters. The van der Waals surface area contributed by atoms with E-state index in [1.165, 1.54) is 0 Å². The highest BCUT2D eigenvalue weighted by Gasteiger charge is 2.17. The van der Waals surface area contributed by atoms with Crippen LogP contribution in [0.25, 0.3) is 22.2 Å². The summed E-state index contributed by atoms with van der Waals surface area (Å²) in [4.78, 5) is 18.2. The van der Waals surface area contributed by atoms with Crippen LogP contribution in [0, 0.1) is 13.8 Å². The summed E-state index contributed by atoms with van der Waals surface area (Å²) < 4.78 is 10.9. The molecule has 1 N–H and O–H groups in total. The quantitative estimate of drug-likeness (QED) is 0.451. The topological polar surface area (TPSA) is 60.5 Å². The zero-order valence-corrected chi connectivity index (χ0v) is 18.0. The zero-order valence-electron chi connectivity index (χ0n) is 18.0. The molecule has 31 heavy (non-hydrogen) atoms. The van der Waals surface area contributed by atoms with Gasteiger partial charge in [-0.15, -0.1) is 0 Å². The molecule has 3 aromatic carbocycles. The number of hydrogen-bond acceptors (Lipinski definition) is 4. The summed E-state index contributed by atoms with van der Waals surface area (Å²) in [6, 6.07) is 21.0. The van der Waals surface area contributed by atoms with Crippen molar-refractivity contribution in [3.05, 3.63) is 83.4 Å². The van der Waals surface area contributed by atoms with Gasteiger partial charge < -0.3 is 14.8 Å². The molecule has 1 aromatic heterocycles. The Morgan fingerprint density at radius 2 is 1.61 bits per heavy atom. The molecular weight excluding hydrogens is 388 g/mol. The van der Waals surface area contributed by atoms with Crippen molar-refractivity contribution in [2.75, 3.05) is 19.5 Å². The molecule has 0 radical (unpaired) electrons. The lowest BCUT2D eigenvalue weighted by Gasteiger charge is -2.15. The summed E-state index contributed by atoms with van der Waals surface area (Å²) in [6.45, 7) is 3.97. The van der Waals surface area contributed by atoms with E-state index < -0.39 is 0 Å². The Bertz CT molecular complexity index is 1260. The molecule has 156 valence electrons. The van der Waals surface area contributed by atoms with Gasteiger partial charge in [-0.3, -0.25) is 4.79 Å². The van der Waals surface area contributed by atoms with Gasteiger partial charge in [0.15, 0.2) is 0 Å². The number of nitrogens with zero attached hydrogens (tertiary/aromatic N) is 1. The number of carbonyl (C=O) groups excluding carboxylic acids is 1. The highest BCUT2D eigenvalue weighted by atomic mass is 16.5. The predicted octanol–water partition coefficient (Wildman–Crippen LogP) is 5.79. The number of fused-ring (bicyclic) bond motifs is 1. The molecule has 0 aliphatic carbocycles. The minimum Gasteiger partial charge on any atom is -0.497 e. The molecule has 0 aliphatic rings. The van der Waals surface area contributed by atoms with Crippen LogP contribution < -0.4 is 14.8 Å². The molecule has 4 aromatic rings. The Morgan fingerprint density at radius 3 is 2.32 bits per heavy atom. The van der Waals surface area contributed by atoms with E-state index in [1.807, 2.05) is 80.6 Å². The maximum absolute atomic E-state index is 13.4. The molecule has 1 heterocycles. The number of aryl methyl sites for hydroxylation is 2. The van der Waals surface area contributed by atoms with Gasteiger partial charge in [-0.05, 0) is 49.2 Å². The average Bonchev–Trinajstić information content (AvgIpc) is 2.80. The van der Waals surface area contributed by atoms with Gasteiger partial charge in [-0.25, -0.2) is 4.98 Å². The first-order valence-electron chi connectivity index (χ1n) is 10.0. The van der Waals surface area contributed by atoms with Crippen molar-refractivity contribution >= 4 is 22.5 Å². The highest BCUT2D eigenvalue weighted by Crippen LogP contribution is 2.34. The van der Waals surface area contributed by atoms with Crippen molar-refractivity contribution in [3.8, 4) is 22.8 Å². The third-order valence-electron chi connectivity index (χ3n) is 5.37. The van der Waals surface area contributed by atoms with Crippen LogP contribution >= 0.6 is 0 Å². The lowest BCUT2D eigenvalue weighted by Crippen LogP contribution is -2.15. The van der Waals surface area contributed by atoms with Crippen LogP contribution in [0.15, 0.2) is 66.7 Å². The van der Waals surface area contributed by atoms with E-state index in [2.05, 4.69) is 5.32 Å². The number of carbonyl (C=O) groups is 1. The van der Waals surface area contributed by atoms with Crippen molar-refractivity contribution in [1.82, 2.24) is 4.98 Å². The SMILES string of the molecule is COc1ccc(-c2cc(C(=O)Nc3c(C)cccc3C)c3ccccc3n2)c(OC)c1. The maximum Gasteiger partial charge on any atom is 0.256 e. The molecule has 0 saturated heterocycles. The number of aromatic nitrogens is 1. The van der Waals surface area contributed by atoms with Crippen LogP contribution in [0.4, 0.5) is 5.69 Å². The second-order valence-corrected chi connectivity index (χ2v) is 7.36. The molecule has 1 amide bonds. The number of ether oxygens (including phenoxy) is 2. The third-order valence-corrected chi connectivity index (χ3v) is 5.37. The van der Waals surface area contributed by atoms with Gasteiger partial charge in [0, 0.05) is 22.7 Å². The number of benzene rings is 3. The van der Waals surface area contributed by atoms with Crippen molar-refractivity contribution in [2.24, 2.45) is 0 Å². The van der Waals surface area contributed by atoms with Gasteiger partial charge in [0.25, 0.3) is 5.91 Å². The Kier molecular flexibility index (Phi) is 5.58. The molecule has 0 spiro atoms. The van der Waals surface area contributed by atoms with Crippen LogP contribution in [0.3, 0.4) is 0 Å². The summed E-state index contributed by atoms with van der Waals surface area (Å²) in [6.07, 6.45) is 0. The predicted molar refractivity (Wildman–Crippen MR) is 124 cm³/mol. The van der Waals surface area contributed by atoms with Gasteiger partial charge >= 0.3 is 0 Å². The van der Waals surface area contributed by atoms with Gasteiger partial charge in [0.1, 0.15) is 11.5 Å². The van der Waals surface area contributed by atoms with E-state index in [1.54, 1.807) is 14.2 Å². The van der Waals surface area contributed by atoms with Crippen molar-refractivity contribution in [3.63, 3.8) is 0 Å². The Labute approximate surface area is 181 Å². The van der Waals surface area contributed by atoms with Crippen LogP contribution in [-0.4, -0.2) is 25.1 Å². The summed E-state index contributed by atoms with van der Waals surface area (Å²) in [7, 11) is 3.21. The van der Waals surface area contributed by atoms with Crippen LogP contribution in [0.5, 0.6) is 11.5 Å². The van der Waals surface area contributed by atoms with Crippen molar-refractivity contribution in [1.29, 1.82) is 0 Å². The molecule has 0 atom stereocenters. The standard InChI is InChI=1S/C26H24N2O3/c1-16-8-7-9-17(2)25(16)28-26(29)21-15-23(27-22-11-6-5-10-19(21)22)20-13-12-18(30-3)14-24(20)31-4/h5-15H,1-4H3,(H,28,29). The monoisotopic (exact) mass is 412 g/mol. The Hall–Kier alpha value is -3.86. The van der Waals surface area contributed by atoms with Gasteiger partial charge in [-0.1, -0.05) is 36.4 Å². The number of para-hydroxylation sites is 2. The fourth-order valence-electron chi connectivity index (χ4n) is 3.70. The third kappa shape index (κ3) is 3.94. The second kappa shape index (κ2) is 8.48. The summed E-state index contributed by atoms with van der Waals surface area (Å²) in [5.41, 5.74) is 5.61. The molecule has 4 rings (SSSR count). The van der Waals surface area contributed by atoms with Crippen LogP contribution in [0.2, 0.25) is 0 Å². The Balaban J connectivity index is 1.85. The van der Waals surface area contributed by atoms with Crippen LogP contribution in [-0.2, 0) is 0 Å². The lowest BCUT2D eigenvalue weighted by molar-refractivity contribution is 0.102. The lowest BCUT2D eigenvalue weighted by atomic mass is 10.0. The van der Waals surface area contributed by atoms with E-state index in [0.29, 0.717) is 22.8 Å². The second-order valence-electron chi connectivity index (χ2n) is 7.36. The number of methoxy groups -OCH3 is 2. The van der Waals surface area contributed by atoms with E-state index in [4.69, 9.17) is 14.5 Å². The first kappa shape index (κ1) is 20.4. The Morgan fingerprint density at radius 1 is 0.871 bits per heavy atom. The van der Waals surface area contributed by atoms with Gasteiger partial charge in [-0.2, -0.15) is 0 Å².